The first-order chi connectivity index (χ1) is 12.7. The molecule has 2 rings (SSSR count). The van der Waals surface area contributed by atoms with Crippen LogP contribution in [0.25, 0.3) is 0 Å². The number of esters is 1. The third-order valence-electron chi connectivity index (χ3n) is 3.75. The molecule has 0 fully saturated rings. The van der Waals surface area contributed by atoms with E-state index in [4.69, 9.17) is 9.47 Å². The second-order valence-electron chi connectivity index (χ2n) is 5.83. The predicted molar refractivity (Wildman–Crippen MR) is 99.9 cm³/mol. The zero-order valence-corrected chi connectivity index (χ0v) is 15.0. The van der Waals surface area contributed by atoms with Gasteiger partial charge >= 0.3 is 5.97 Å². The van der Waals surface area contributed by atoms with Crippen LogP contribution in [0.2, 0.25) is 0 Å². The summed E-state index contributed by atoms with van der Waals surface area (Å²) in [4.78, 5) is 24.3. The predicted octanol–water partition coefficient (Wildman–Crippen LogP) is 3.14. The number of para-hydroxylation sites is 1. The number of benzene rings is 2. The van der Waals surface area contributed by atoms with Crippen LogP contribution < -0.4 is 10.1 Å². The van der Waals surface area contributed by atoms with E-state index in [1.807, 2.05) is 60.7 Å². The minimum absolute atomic E-state index is 0.185. The fraction of sp³-hybridized carbons (Fsp3) is 0.333. The highest BCUT2D eigenvalue weighted by Gasteiger charge is 2.22. The molecule has 1 N–H and O–H groups in total. The molecule has 1 amide bonds. The fourth-order valence-corrected chi connectivity index (χ4v) is 2.49. The summed E-state index contributed by atoms with van der Waals surface area (Å²) in [5.41, 5.74) is 0.971. The molecular weight excluding hydrogens is 330 g/mol. The molecule has 2 aromatic rings. The maximum Gasteiger partial charge on any atom is 0.328 e. The van der Waals surface area contributed by atoms with Crippen molar-refractivity contribution in [2.45, 2.75) is 32.2 Å². The number of nitrogens with one attached hydrogen (secondary N) is 1. The van der Waals surface area contributed by atoms with Gasteiger partial charge in [0.15, 0.2) is 0 Å². The molecule has 5 nitrogen and oxygen atoms in total. The normalized spacial score (nSPS) is 11.4. The highest BCUT2D eigenvalue weighted by molar-refractivity contribution is 5.84. The highest BCUT2D eigenvalue weighted by atomic mass is 16.5. The molecule has 0 aliphatic carbocycles. The third kappa shape index (κ3) is 6.97. The highest BCUT2D eigenvalue weighted by Crippen LogP contribution is 2.09. The van der Waals surface area contributed by atoms with Crippen LogP contribution >= 0.6 is 0 Å². The molecule has 0 saturated heterocycles. The topological polar surface area (TPSA) is 64.6 Å². The smallest absolute Gasteiger partial charge is 0.328 e. The monoisotopic (exact) mass is 355 g/mol. The van der Waals surface area contributed by atoms with E-state index in [9.17, 15) is 9.59 Å². The van der Waals surface area contributed by atoms with Gasteiger partial charge in [0.05, 0.1) is 13.2 Å². The Bertz CT molecular complexity index is 673. The number of hydrogen-bond donors (Lipinski definition) is 1. The van der Waals surface area contributed by atoms with Crippen LogP contribution in [-0.4, -0.2) is 31.1 Å². The lowest BCUT2D eigenvalue weighted by atomic mass is 10.1. The maximum atomic E-state index is 12.2. The Labute approximate surface area is 154 Å². The van der Waals surface area contributed by atoms with E-state index in [1.54, 1.807) is 6.92 Å². The van der Waals surface area contributed by atoms with E-state index in [0.717, 1.165) is 11.3 Å². The third-order valence-corrected chi connectivity index (χ3v) is 3.75. The van der Waals surface area contributed by atoms with Crippen molar-refractivity contribution in [1.82, 2.24) is 5.32 Å². The van der Waals surface area contributed by atoms with E-state index in [0.29, 0.717) is 19.4 Å². The van der Waals surface area contributed by atoms with E-state index in [2.05, 4.69) is 5.32 Å². The number of carbonyl (C=O) groups is 2. The van der Waals surface area contributed by atoms with Crippen molar-refractivity contribution in [2.75, 3.05) is 13.2 Å². The van der Waals surface area contributed by atoms with Crippen molar-refractivity contribution in [3.63, 3.8) is 0 Å². The summed E-state index contributed by atoms with van der Waals surface area (Å²) < 4.78 is 10.7. The van der Waals surface area contributed by atoms with E-state index in [-0.39, 0.29) is 18.9 Å². The zero-order valence-electron chi connectivity index (χ0n) is 15.0. The average Bonchev–Trinajstić information content (AvgIpc) is 2.66. The molecule has 0 spiro atoms. The first-order valence-electron chi connectivity index (χ1n) is 8.87. The molecule has 1 unspecified atom stereocenters. The maximum absolute atomic E-state index is 12.2. The van der Waals surface area contributed by atoms with Gasteiger partial charge in [-0.2, -0.15) is 0 Å². The van der Waals surface area contributed by atoms with Crippen molar-refractivity contribution < 1.29 is 19.1 Å². The zero-order chi connectivity index (χ0) is 18.6. The standard InChI is InChI=1S/C21H25NO4/c1-2-25-21(24)19(16-17-10-5-3-6-11-17)22-20(23)14-9-15-26-18-12-7-4-8-13-18/h3-8,10-13,19H,2,9,14-16H2,1H3,(H,22,23). The van der Waals surface area contributed by atoms with E-state index < -0.39 is 12.0 Å². The minimum Gasteiger partial charge on any atom is -0.494 e. The van der Waals surface area contributed by atoms with Crippen molar-refractivity contribution in [3.05, 3.63) is 66.2 Å². The fourth-order valence-electron chi connectivity index (χ4n) is 2.49. The van der Waals surface area contributed by atoms with Crippen LogP contribution in [0, 0.1) is 0 Å². The number of rotatable bonds is 10. The average molecular weight is 355 g/mol. The summed E-state index contributed by atoms with van der Waals surface area (Å²) >= 11 is 0. The summed E-state index contributed by atoms with van der Waals surface area (Å²) in [6.45, 7) is 2.48. The van der Waals surface area contributed by atoms with Crippen LogP contribution in [0.15, 0.2) is 60.7 Å². The van der Waals surface area contributed by atoms with Gasteiger partial charge in [0.25, 0.3) is 0 Å². The number of ether oxygens (including phenoxy) is 2. The van der Waals surface area contributed by atoms with Crippen LogP contribution in [0.1, 0.15) is 25.3 Å². The van der Waals surface area contributed by atoms with Gasteiger partial charge in [0.2, 0.25) is 5.91 Å². The molecule has 0 radical (unpaired) electrons. The largest absolute Gasteiger partial charge is 0.494 e. The summed E-state index contributed by atoms with van der Waals surface area (Å²) in [6.07, 6.45) is 1.27. The minimum atomic E-state index is -0.681. The Balaban J connectivity index is 1.80. The molecule has 0 aromatic heterocycles. The summed E-state index contributed by atoms with van der Waals surface area (Å²) in [7, 11) is 0. The Morgan fingerprint density at radius 3 is 2.31 bits per heavy atom. The molecule has 138 valence electrons. The van der Waals surface area contributed by atoms with Crippen LogP contribution in [-0.2, 0) is 20.7 Å². The molecule has 26 heavy (non-hydrogen) atoms. The summed E-state index contributed by atoms with van der Waals surface area (Å²) in [6, 6.07) is 18.3. The summed E-state index contributed by atoms with van der Waals surface area (Å²) in [5.74, 6) is 0.183. The molecule has 2 aromatic carbocycles. The number of hydrogen-bond acceptors (Lipinski definition) is 4. The lowest BCUT2D eigenvalue weighted by molar-refractivity contribution is -0.147. The summed E-state index contributed by atoms with van der Waals surface area (Å²) in [5, 5.41) is 2.78. The van der Waals surface area contributed by atoms with Crippen molar-refractivity contribution >= 4 is 11.9 Å². The Morgan fingerprint density at radius 2 is 1.65 bits per heavy atom. The van der Waals surface area contributed by atoms with Crippen molar-refractivity contribution in [1.29, 1.82) is 0 Å². The Hall–Kier alpha value is -2.82. The van der Waals surface area contributed by atoms with E-state index >= 15 is 0 Å². The van der Waals surface area contributed by atoms with Gasteiger partial charge in [-0.15, -0.1) is 0 Å². The van der Waals surface area contributed by atoms with Gasteiger partial charge in [0.1, 0.15) is 11.8 Å². The molecule has 5 heteroatoms. The quantitative estimate of drug-likeness (QED) is 0.525. The molecule has 0 saturated carbocycles. The lowest BCUT2D eigenvalue weighted by Gasteiger charge is -2.17. The van der Waals surface area contributed by atoms with Crippen LogP contribution in [0.4, 0.5) is 0 Å². The first kappa shape index (κ1) is 19.5. The van der Waals surface area contributed by atoms with Gasteiger partial charge in [-0.3, -0.25) is 4.79 Å². The number of carbonyl (C=O) groups excluding carboxylic acids is 2. The number of amides is 1. The molecule has 0 heterocycles. The second-order valence-corrected chi connectivity index (χ2v) is 5.83. The van der Waals surface area contributed by atoms with Crippen molar-refractivity contribution in [2.24, 2.45) is 0 Å². The molecule has 0 bridgehead atoms. The molecule has 0 aliphatic heterocycles. The lowest BCUT2D eigenvalue weighted by Crippen LogP contribution is -2.43. The molecule has 1 atom stereocenters. The SMILES string of the molecule is CCOC(=O)C(Cc1ccccc1)NC(=O)CCCOc1ccccc1. The van der Waals surface area contributed by atoms with Crippen LogP contribution in [0.3, 0.4) is 0 Å². The van der Waals surface area contributed by atoms with Gasteiger partial charge in [-0.1, -0.05) is 48.5 Å². The first-order valence-corrected chi connectivity index (χ1v) is 8.87. The van der Waals surface area contributed by atoms with Gasteiger partial charge < -0.3 is 14.8 Å². The Morgan fingerprint density at radius 1 is 1.00 bits per heavy atom. The second kappa shape index (κ2) is 10.9. The molecular formula is C21H25NO4. The van der Waals surface area contributed by atoms with Gasteiger partial charge in [0, 0.05) is 12.8 Å². The van der Waals surface area contributed by atoms with E-state index in [1.165, 1.54) is 0 Å². The van der Waals surface area contributed by atoms with Gasteiger partial charge in [-0.05, 0) is 31.0 Å². The van der Waals surface area contributed by atoms with Crippen LogP contribution in [0.5, 0.6) is 5.75 Å². The van der Waals surface area contributed by atoms with Gasteiger partial charge in [-0.25, -0.2) is 4.79 Å². The Kier molecular flexibility index (Phi) is 8.19. The van der Waals surface area contributed by atoms with Crippen molar-refractivity contribution in [3.8, 4) is 5.75 Å². The molecule has 0 aliphatic rings.